The molecule has 0 aliphatic heterocycles. The summed E-state index contributed by atoms with van der Waals surface area (Å²) in [7, 11) is -0.392. The van der Waals surface area contributed by atoms with Crippen molar-refractivity contribution in [3.63, 3.8) is 0 Å². The van der Waals surface area contributed by atoms with Crippen LogP contribution in [-0.4, -0.2) is 9.52 Å². The van der Waals surface area contributed by atoms with Crippen LogP contribution in [0.2, 0.25) is 0 Å². The first-order chi connectivity index (χ1) is 13.2. The van der Waals surface area contributed by atoms with E-state index in [1.165, 1.54) is 49.7 Å². The van der Waals surface area contributed by atoms with Crippen molar-refractivity contribution in [3.8, 4) is 0 Å². The summed E-state index contributed by atoms with van der Waals surface area (Å²) in [5, 5.41) is 3.30. The van der Waals surface area contributed by atoms with Crippen LogP contribution in [0.15, 0.2) is 70.9 Å². The zero-order chi connectivity index (χ0) is 19.1. The molecule has 27 heavy (non-hydrogen) atoms. The molecule has 2 aromatic rings. The van der Waals surface area contributed by atoms with Crippen molar-refractivity contribution in [2.45, 2.75) is 65.7 Å². The molecule has 2 aromatic carbocycles. The van der Waals surface area contributed by atoms with Crippen LogP contribution < -0.4 is 5.19 Å². The number of unbranched alkanes of at least 4 members (excludes halogenated alkanes) is 2. The van der Waals surface area contributed by atoms with Crippen molar-refractivity contribution >= 4 is 20.3 Å². The summed E-state index contributed by atoms with van der Waals surface area (Å²) >= 11 is 0. The third kappa shape index (κ3) is 5.10. The Labute approximate surface area is 168 Å². The number of aryl methyl sites for hydroxylation is 1. The molecule has 1 aliphatic carbocycles. The van der Waals surface area contributed by atoms with Gasteiger partial charge in [0.25, 0.3) is 0 Å². The Morgan fingerprint density at radius 2 is 1.48 bits per heavy atom. The largest absolute Gasteiger partial charge is 0.0878 e. The molecule has 0 nitrogen and oxygen atoms in total. The lowest BCUT2D eigenvalue weighted by atomic mass is 9.96. The third-order valence-electron chi connectivity index (χ3n) is 5.81. The molecule has 3 rings (SSSR count). The molecule has 0 heterocycles. The Morgan fingerprint density at radius 1 is 0.815 bits per heavy atom. The van der Waals surface area contributed by atoms with E-state index < -0.39 is 9.52 Å². The monoisotopic (exact) mass is 374 g/mol. The van der Waals surface area contributed by atoms with E-state index >= 15 is 0 Å². The molecule has 1 heteroatoms. The molecule has 0 fully saturated rings. The highest BCUT2D eigenvalue weighted by atomic mass is 28.2. The maximum absolute atomic E-state index is 2.38. The Balaban J connectivity index is 1.88. The lowest BCUT2D eigenvalue weighted by molar-refractivity contribution is 0.794. The van der Waals surface area contributed by atoms with Crippen LogP contribution >= 0.6 is 0 Å². The highest BCUT2D eigenvalue weighted by molar-refractivity contribution is 6.62. The molecule has 0 saturated heterocycles. The van der Waals surface area contributed by atoms with Crippen LogP contribution in [0.3, 0.4) is 0 Å². The Morgan fingerprint density at radius 3 is 2.15 bits per heavy atom. The topological polar surface area (TPSA) is 0 Å². The molecule has 0 radical (unpaired) electrons. The second-order valence-corrected chi connectivity index (χ2v) is 9.84. The lowest BCUT2D eigenvalue weighted by Crippen LogP contribution is -2.17. The Bertz CT molecular complexity index is 794. The predicted octanol–water partition coefficient (Wildman–Crippen LogP) is 6.15. The molecular weight excluding hydrogens is 340 g/mol. The fraction of sp³-hybridized carbons (Fsp3) is 0.385. The zero-order valence-corrected chi connectivity index (χ0v) is 18.8. The van der Waals surface area contributed by atoms with Gasteiger partial charge in [-0.15, -0.1) is 0 Å². The van der Waals surface area contributed by atoms with Gasteiger partial charge in [-0.1, -0.05) is 97.2 Å². The van der Waals surface area contributed by atoms with Gasteiger partial charge in [-0.3, -0.25) is 0 Å². The van der Waals surface area contributed by atoms with Crippen LogP contribution in [0.25, 0.3) is 5.57 Å². The fourth-order valence-corrected chi connectivity index (χ4v) is 6.11. The highest BCUT2D eigenvalue weighted by Gasteiger charge is 2.22. The average molecular weight is 375 g/mol. The lowest BCUT2D eigenvalue weighted by Gasteiger charge is -2.13. The maximum Gasteiger partial charge on any atom is 0.0878 e. The van der Waals surface area contributed by atoms with Gasteiger partial charge in [0.1, 0.15) is 0 Å². The molecule has 0 amide bonds. The fourth-order valence-electron chi connectivity index (χ4n) is 4.16. The smallest absolute Gasteiger partial charge is 0.0696 e. The number of benzene rings is 2. The summed E-state index contributed by atoms with van der Waals surface area (Å²) in [6.45, 7) is 6.95. The van der Waals surface area contributed by atoms with Gasteiger partial charge in [0.15, 0.2) is 0 Å². The minimum Gasteiger partial charge on any atom is -0.0696 e. The van der Waals surface area contributed by atoms with Crippen molar-refractivity contribution in [2.24, 2.45) is 0 Å². The van der Waals surface area contributed by atoms with Crippen LogP contribution in [0.1, 0.15) is 70.4 Å². The van der Waals surface area contributed by atoms with Crippen LogP contribution in [0.4, 0.5) is 0 Å². The minimum atomic E-state index is -0.392. The van der Waals surface area contributed by atoms with Gasteiger partial charge >= 0.3 is 0 Å². The van der Waals surface area contributed by atoms with Crippen molar-refractivity contribution < 1.29 is 0 Å². The molecule has 0 unspecified atom stereocenters. The first-order valence-corrected chi connectivity index (χ1v) is 12.2. The van der Waals surface area contributed by atoms with Crippen LogP contribution in [0, 0.1) is 0 Å². The summed E-state index contributed by atoms with van der Waals surface area (Å²) in [5.41, 5.74) is 7.87. The van der Waals surface area contributed by atoms with Gasteiger partial charge in [0.2, 0.25) is 0 Å². The van der Waals surface area contributed by atoms with Crippen molar-refractivity contribution in [1.29, 1.82) is 0 Å². The summed E-state index contributed by atoms with van der Waals surface area (Å²) in [6, 6.07) is 20.6. The summed E-state index contributed by atoms with van der Waals surface area (Å²) in [4.78, 5) is 0. The third-order valence-corrected chi connectivity index (χ3v) is 8.07. The molecule has 0 N–H and O–H groups in total. The average Bonchev–Trinajstić information content (AvgIpc) is 3.01. The Kier molecular flexibility index (Phi) is 7.29. The van der Waals surface area contributed by atoms with E-state index in [1.807, 2.05) is 0 Å². The summed E-state index contributed by atoms with van der Waals surface area (Å²) < 4.78 is 0. The molecular formula is C26H34Si. The van der Waals surface area contributed by atoms with E-state index in [0.29, 0.717) is 0 Å². The van der Waals surface area contributed by atoms with Gasteiger partial charge < -0.3 is 0 Å². The first kappa shape index (κ1) is 19.9. The second-order valence-electron chi connectivity index (χ2n) is 7.96. The SMILES string of the molecule is CCCCC1=C(c2ccc(CCCC)cc2)CC(C)=C1[SiH2]c1ccccc1. The quantitative estimate of drug-likeness (QED) is 0.462. The van der Waals surface area contributed by atoms with Crippen molar-refractivity contribution in [3.05, 3.63) is 82.1 Å². The van der Waals surface area contributed by atoms with Crippen LogP contribution in [-0.2, 0) is 6.42 Å². The van der Waals surface area contributed by atoms with Gasteiger partial charge in [0, 0.05) is 0 Å². The predicted molar refractivity (Wildman–Crippen MR) is 123 cm³/mol. The Hall–Kier alpha value is -1.86. The second kappa shape index (κ2) is 9.89. The minimum absolute atomic E-state index is 0.392. The van der Waals surface area contributed by atoms with Gasteiger partial charge in [-0.05, 0) is 61.3 Å². The van der Waals surface area contributed by atoms with Crippen LogP contribution in [0.5, 0.6) is 0 Å². The molecule has 142 valence electrons. The van der Waals surface area contributed by atoms with Crippen molar-refractivity contribution in [1.82, 2.24) is 0 Å². The van der Waals surface area contributed by atoms with E-state index in [1.54, 1.807) is 27.1 Å². The first-order valence-electron chi connectivity index (χ1n) is 10.8. The standard InChI is InChI=1S/C26H34Si/c1-4-6-11-21-15-17-22(18-16-21)25-19-20(3)26(24(25)14-7-5-2)27-23-12-9-8-10-13-23/h8-10,12-13,15-18H,4-7,11,14,19,27H2,1-3H3. The molecule has 0 aromatic heterocycles. The number of hydrogen-bond acceptors (Lipinski definition) is 0. The summed E-state index contributed by atoms with van der Waals surface area (Å²) in [6.07, 6.45) is 8.74. The molecule has 0 saturated carbocycles. The number of rotatable bonds is 9. The molecule has 0 atom stereocenters. The normalized spacial score (nSPS) is 14.8. The van der Waals surface area contributed by atoms with Gasteiger partial charge in [-0.2, -0.15) is 0 Å². The number of allylic oxidation sites excluding steroid dienone is 4. The molecule has 0 spiro atoms. The number of hydrogen-bond donors (Lipinski definition) is 0. The molecule has 1 aliphatic rings. The van der Waals surface area contributed by atoms with E-state index in [9.17, 15) is 0 Å². The zero-order valence-electron chi connectivity index (χ0n) is 17.4. The van der Waals surface area contributed by atoms with E-state index in [2.05, 4.69) is 75.4 Å². The molecule has 0 bridgehead atoms. The van der Waals surface area contributed by atoms with Gasteiger partial charge in [0.05, 0.1) is 9.52 Å². The highest BCUT2D eigenvalue weighted by Crippen LogP contribution is 2.40. The van der Waals surface area contributed by atoms with E-state index in [4.69, 9.17) is 0 Å². The van der Waals surface area contributed by atoms with E-state index in [0.717, 1.165) is 6.42 Å². The maximum atomic E-state index is 2.38. The van der Waals surface area contributed by atoms with E-state index in [-0.39, 0.29) is 0 Å². The summed E-state index contributed by atoms with van der Waals surface area (Å²) in [5.74, 6) is 0. The van der Waals surface area contributed by atoms with Gasteiger partial charge in [-0.25, -0.2) is 0 Å². The van der Waals surface area contributed by atoms with Crippen molar-refractivity contribution in [2.75, 3.05) is 0 Å².